The van der Waals surface area contributed by atoms with Crippen LogP contribution in [0.2, 0.25) is 0 Å². The van der Waals surface area contributed by atoms with E-state index in [9.17, 15) is 34.5 Å². The zero-order valence-corrected chi connectivity index (χ0v) is 24.8. The van der Waals surface area contributed by atoms with Crippen molar-refractivity contribution in [1.29, 1.82) is 0 Å². The summed E-state index contributed by atoms with van der Waals surface area (Å²) >= 11 is 0. The Morgan fingerprint density at radius 3 is 1.50 bits per heavy atom. The smallest absolute Gasteiger partial charge is 0.326 e. The number of carbonyl (C=O) groups excluding carboxylic acids is 3. The first kappa shape index (κ1) is 32.7. The zero-order chi connectivity index (χ0) is 31.5. The fourth-order valence-electron chi connectivity index (χ4n) is 5.51. The van der Waals surface area contributed by atoms with Crippen molar-refractivity contribution in [2.75, 3.05) is 13.1 Å². The van der Waals surface area contributed by atoms with Crippen LogP contribution in [0.25, 0.3) is 0 Å². The van der Waals surface area contributed by atoms with E-state index in [0.717, 1.165) is 0 Å². The van der Waals surface area contributed by atoms with E-state index in [2.05, 4.69) is 10.3 Å². The van der Waals surface area contributed by atoms with Gasteiger partial charge in [0.25, 0.3) is 0 Å². The second-order valence-corrected chi connectivity index (χ2v) is 11.7. The molecule has 14 heteroatoms. The molecule has 2 fully saturated rings. The molecule has 2 aliphatic rings. The molecule has 4 heterocycles. The molecule has 5 N–H and O–H groups in total. The van der Waals surface area contributed by atoms with E-state index in [0.29, 0.717) is 22.9 Å². The lowest BCUT2D eigenvalue weighted by Crippen LogP contribution is -2.46. The van der Waals surface area contributed by atoms with Gasteiger partial charge in [-0.25, -0.2) is 4.79 Å². The van der Waals surface area contributed by atoms with Crippen molar-refractivity contribution < 1.29 is 43.5 Å². The Hall–Kier alpha value is -3.78. The number of hydrogen-bond donors (Lipinski definition) is 4. The van der Waals surface area contributed by atoms with E-state index in [-0.39, 0.29) is 49.6 Å². The molecule has 0 saturated carbocycles. The second kappa shape index (κ2) is 13.5. The number of nitrogens with two attached hydrogens (primary N) is 1. The van der Waals surface area contributed by atoms with Crippen molar-refractivity contribution in [2.45, 2.75) is 90.5 Å². The van der Waals surface area contributed by atoms with E-state index >= 15 is 0 Å². The predicted molar refractivity (Wildman–Crippen MR) is 147 cm³/mol. The topological polar surface area (TPSA) is 214 Å². The number of aromatic nitrogens is 2. The van der Waals surface area contributed by atoms with Gasteiger partial charge in [-0.1, -0.05) is 38.0 Å². The lowest BCUT2D eigenvalue weighted by Gasteiger charge is -2.27. The van der Waals surface area contributed by atoms with Gasteiger partial charge in [0.15, 0.2) is 0 Å². The maximum absolute atomic E-state index is 12.8. The van der Waals surface area contributed by atoms with Crippen molar-refractivity contribution in [3.63, 3.8) is 0 Å². The molecule has 2 aliphatic heterocycles. The van der Waals surface area contributed by atoms with Gasteiger partial charge >= 0.3 is 5.97 Å². The maximum atomic E-state index is 12.8. The van der Waals surface area contributed by atoms with Crippen LogP contribution in [-0.2, 0) is 19.2 Å². The minimum atomic E-state index is -1.10. The van der Waals surface area contributed by atoms with Crippen molar-refractivity contribution in [2.24, 2.45) is 17.6 Å². The Bertz CT molecular complexity index is 1180. The molecule has 4 rings (SSSR count). The Balaban J connectivity index is 0.000000230. The third kappa shape index (κ3) is 7.34. The lowest BCUT2D eigenvalue weighted by molar-refractivity contribution is -0.149. The van der Waals surface area contributed by atoms with Crippen molar-refractivity contribution in [1.82, 2.24) is 20.1 Å². The summed E-state index contributed by atoms with van der Waals surface area (Å²) in [7, 11) is 0. The number of amides is 3. The van der Waals surface area contributed by atoms with Gasteiger partial charge in [-0.3, -0.25) is 14.4 Å². The minimum absolute atomic E-state index is 0.0314. The van der Waals surface area contributed by atoms with Gasteiger partial charge in [-0.2, -0.15) is 0 Å². The Kier molecular flexibility index (Phi) is 10.5. The largest absolute Gasteiger partial charge is 0.480 e. The monoisotopic (exact) mass is 591 g/mol. The van der Waals surface area contributed by atoms with Crippen molar-refractivity contribution in [3.05, 3.63) is 35.0 Å². The van der Waals surface area contributed by atoms with Crippen LogP contribution in [0.4, 0.5) is 0 Å². The van der Waals surface area contributed by atoms with E-state index in [1.54, 1.807) is 26.0 Å². The normalized spacial score (nSPS) is 23.6. The summed E-state index contributed by atoms with van der Waals surface area (Å²) in [4.78, 5) is 50.8. The quantitative estimate of drug-likeness (QED) is 0.339. The third-order valence-electron chi connectivity index (χ3n) is 7.51. The molecule has 2 unspecified atom stereocenters. The van der Waals surface area contributed by atoms with Crippen LogP contribution in [0.15, 0.2) is 21.2 Å². The predicted octanol–water partition coefficient (Wildman–Crippen LogP) is 0.939. The number of rotatable bonds is 8. The van der Waals surface area contributed by atoms with Gasteiger partial charge in [-0.15, -0.1) is 0 Å². The van der Waals surface area contributed by atoms with Crippen LogP contribution in [-0.4, -0.2) is 96.5 Å². The Labute approximate surface area is 243 Å². The second-order valence-electron chi connectivity index (χ2n) is 11.7. The van der Waals surface area contributed by atoms with Crippen LogP contribution in [0, 0.1) is 25.7 Å². The van der Waals surface area contributed by atoms with Crippen LogP contribution in [0.5, 0.6) is 0 Å². The van der Waals surface area contributed by atoms with Crippen LogP contribution in [0.3, 0.4) is 0 Å². The number of aliphatic hydroxyl groups is 2. The molecule has 6 atom stereocenters. The molecule has 14 nitrogen and oxygen atoms in total. The van der Waals surface area contributed by atoms with Gasteiger partial charge in [0.05, 0.1) is 23.6 Å². The van der Waals surface area contributed by atoms with Crippen LogP contribution in [0.1, 0.15) is 75.3 Å². The van der Waals surface area contributed by atoms with Crippen LogP contribution < -0.4 is 5.73 Å². The number of carboxylic acid groups (broad SMARTS) is 1. The van der Waals surface area contributed by atoms with Gasteiger partial charge < -0.3 is 39.9 Å². The molecule has 232 valence electrons. The molecule has 2 saturated heterocycles. The molecule has 3 amide bonds. The number of carboxylic acids is 1. The van der Waals surface area contributed by atoms with Gasteiger partial charge in [-0.05, 0) is 25.7 Å². The fraction of sp³-hybridized carbons (Fsp3) is 0.643. The molecular formula is C28H41N5O9. The Morgan fingerprint density at radius 2 is 1.19 bits per heavy atom. The highest BCUT2D eigenvalue weighted by Crippen LogP contribution is 2.32. The first-order chi connectivity index (χ1) is 19.6. The molecule has 2 aromatic heterocycles. The fourth-order valence-corrected chi connectivity index (χ4v) is 5.51. The number of carbonyl (C=O) groups is 4. The molecule has 42 heavy (non-hydrogen) atoms. The molecule has 0 bridgehead atoms. The molecule has 0 aromatic carbocycles. The molecule has 2 aromatic rings. The highest BCUT2D eigenvalue weighted by molar-refractivity contribution is 5.90. The summed E-state index contributed by atoms with van der Waals surface area (Å²) < 4.78 is 10.4. The summed E-state index contributed by atoms with van der Waals surface area (Å²) in [5, 5.41) is 36.2. The SMILES string of the molecule is Cc1cc(C(C(=O)N2C[C@H](O)C[C@H]2C(=O)O)C(C)C)on1.Cc1cc(C(C(=O)N2C[C@H](O)C[C@H]2C(N)=O)C(C)C)on1. The summed E-state index contributed by atoms with van der Waals surface area (Å²) in [6, 6.07) is 1.65. The zero-order valence-electron chi connectivity index (χ0n) is 24.8. The van der Waals surface area contributed by atoms with E-state index in [1.165, 1.54) is 9.80 Å². The van der Waals surface area contributed by atoms with E-state index in [1.807, 2.05) is 27.7 Å². The minimum Gasteiger partial charge on any atom is -0.480 e. The van der Waals surface area contributed by atoms with Crippen molar-refractivity contribution in [3.8, 4) is 0 Å². The summed E-state index contributed by atoms with van der Waals surface area (Å²) in [6.45, 7) is 11.2. The van der Waals surface area contributed by atoms with Gasteiger partial charge in [0, 0.05) is 38.1 Å². The number of likely N-dealkylation sites (tertiary alicyclic amines) is 2. The number of β-amino-alcohol motifs (C(OH)–C–C–N with tert-alkyl or cyclic N) is 2. The number of nitrogens with zero attached hydrogens (tertiary/aromatic N) is 4. The summed E-state index contributed by atoms with van der Waals surface area (Å²) in [6.07, 6.45) is -1.29. The first-order valence-electron chi connectivity index (χ1n) is 14.0. The number of primary amides is 1. The van der Waals surface area contributed by atoms with Gasteiger partial charge in [0.1, 0.15) is 35.4 Å². The standard InChI is InChI=1S/C14H21N3O4.C14H20N2O5/c1-7(2)12(11-4-8(3)16-21-11)14(20)17-6-9(18)5-10(17)13(15)19;1-7(2)12(11-4-8(3)15-21-11)13(18)16-6-9(17)5-10(16)14(19)20/h4,7,9-10,12,18H,5-6H2,1-3H3,(H2,15,19);4,7,9-10,12,17H,5-6H2,1-3H3,(H,19,20)/t2*9-,10+,12?/m11/s1. The number of aliphatic carboxylic acids is 1. The molecule has 0 radical (unpaired) electrons. The average molecular weight is 592 g/mol. The maximum Gasteiger partial charge on any atom is 0.326 e. The summed E-state index contributed by atoms with van der Waals surface area (Å²) in [5.74, 6) is -2.65. The number of aryl methyl sites for hydroxylation is 2. The van der Waals surface area contributed by atoms with Gasteiger partial charge in [0.2, 0.25) is 17.7 Å². The summed E-state index contributed by atoms with van der Waals surface area (Å²) in [5.41, 5.74) is 6.68. The number of aliphatic hydroxyl groups excluding tert-OH is 2. The first-order valence-corrected chi connectivity index (χ1v) is 14.0. The van der Waals surface area contributed by atoms with E-state index in [4.69, 9.17) is 14.8 Å². The van der Waals surface area contributed by atoms with Crippen LogP contribution >= 0.6 is 0 Å². The van der Waals surface area contributed by atoms with Crippen molar-refractivity contribution >= 4 is 23.7 Å². The molecule has 0 spiro atoms. The molecular weight excluding hydrogens is 550 g/mol. The average Bonchev–Trinajstić information content (AvgIpc) is 3.67. The highest BCUT2D eigenvalue weighted by Gasteiger charge is 2.44. The Morgan fingerprint density at radius 1 is 0.810 bits per heavy atom. The number of hydrogen-bond acceptors (Lipinski definition) is 10. The van der Waals surface area contributed by atoms with E-state index < -0.39 is 48.0 Å². The molecule has 0 aliphatic carbocycles. The third-order valence-corrected chi connectivity index (χ3v) is 7.51. The lowest BCUT2D eigenvalue weighted by atomic mass is 9.91. The highest BCUT2D eigenvalue weighted by atomic mass is 16.5.